The van der Waals surface area contributed by atoms with Gasteiger partial charge in [0.05, 0.1) is 13.2 Å². The SMILES string of the molecule is CC(C)CC(CO)NCc1cc(Br)cc2c1OCC2. The summed E-state index contributed by atoms with van der Waals surface area (Å²) < 4.78 is 6.80. The summed E-state index contributed by atoms with van der Waals surface area (Å²) in [6.07, 6.45) is 1.96. The van der Waals surface area contributed by atoms with E-state index in [0.717, 1.165) is 36.2 Å². The second-order valence-electron chi connectivity index (χ2n) is 5.54. The van der Waals surface area contributed by atoms with Crippen molar-refractivity contribution < 1.29 is 9.84 Å². The number of benzene rings is 1. The van der Waals surface area contributed by atoms with Crippen molar-refractivity contribution in [2.75, 3.05) is 13.2 Å². The van der Waals surface area contributed by atoms with Crippen LogP contribution in [-0.4, -0.2) is 24.4 Å². The van der Waals surface area contributed by atoms with E-state index in [-0.39, 0.29) is 12.6 Å². The monoisotopic (exact) mass is 327 g/mol. The van der Waals surface area contributed by atoms with Crippen molar-refractivity contribution >= 4 is 15.9 Å². The maximum Gasteiger partial charge on any atom is 0.127 e. The Bertz CT molecular complexity index is 434. The molecule has 1 atom stereocenters. The first-order chi connectivity index (χ1) is 9.10. The average Bonchev–Trinajstić information content (AvgIpc) is 2.81. The number of fused-ring (bicyclic) bond motifs is 1. The molecule has 1 aliphatic rings. The molecule has 19 heavy (non-hydrogen) atoms. The quantitative estimate of drug-likeness (QED) is 0.844. The van der Waals surface area contributed by atoms with Crippen LogP contribution in [-0.2, 0) is 13.0 Å². The van der Waals surface area contributed by atoms with Gasteiger partial charge in [0.2, 0.25) is 0 Å². The van der Waals surface area contributed by atoms with Gasteiger partial charge >= 0.3 is 0 Å². The van der Waals surface area contributed by atoms with Crippen LogP contribution in [0.15, 0.2) is 16.6 Å². The summed E-state index contributed by atoms with van der Waals surface area (Å²) in [6, 6.07) is 4.38. The van der Waals surface area contributed by atoms with Crippen molar-refractivity contribution in [2.45, 2.75) is 39.3 Å². The van der Waals surface area contributed by atoms with E-state index in [0.29, 0.717) is 5.92 Å². The second-order valence-corrected chi connectivity index (χ2v) is 6.46. The lowest BCUT2D eigenvalue weighted by Crippen LogP contribution is -2.33. The van der Waals surface area contributed by atoms with Gasteiger partial charge < -0.3 is 15.2 Å². The molecular formula is C15H22BrNO2. The fourth-order valence-corrected chi connectivity index (χ4v) is 3.08. The number of ether oxygens (including phenoxy) is 1. The van der Waals surface area contributed by atoms with E-state index >= 15 is 0 Å². The highest BCUT2D eigenvalue weighted by Crippen LogP contribution is 2.32. The molecule has 1 unspecified atom stereocenters. The van der Waals surface area contributed by atoms with E-state index in [1.54, 1.807) is 0 Å². The number of rotatable bonds is 6. The van der Waals surface area contributed by atoms with Crippen LogP contribution in [0.5, 0.6) is 5.75 Å². The highest BCUT2D eigenvalue weighted by atomic mass is 79.9. The lowest BCUT2D eigenvalue weighted by Gasteiger charge is -2.19. The summed E-state index contributed by atoms with van der Waals surface area (Å²) in [5, 5.41) is 12.8. The third-order valence-electron chi connectivity index (χ3n) is 3.38. The van der Waals surface area contributed by atoms with Crippen LogP contribution in [0, 0.1) is 5.92 Å². The first kappa shape index (κ1) is 14.8. The zero-order valence-electron chi connectivity index (χ0n) is 11.6. The maximum absolute atomic E-state index is 9.40. The molecule has 0 saturated heterocycles. The van der Waals surface area contributed by atoms with Crippen LogP contribution in [0.4, 0.5) is 0 Å². The zero-order chi connectivity index (χ0) is 13.8. The molecule has 0 saturated carbocycles. The molecule has 106 valence electrons. The average molecular weight is 328 g/mol. The molecule has 1 aliphatic heterocycles. The fourth-order valence-electron chi connectivity index (χ4n) is 2.52. The third kappa shape index (κ3) is 3.94. The molecular weight excluding hydrogens is 306 g/mol. The lowest BCUT2D eigenvalue weighted by atomic mass is 10.0. The van der Waals surface area contributed by atoms with Crippen LogP contribution in [0.3, 0.4) is 0 Å². The van der Waals surface area contributed by atoms with E-state index in [2.05, 4.69) is 47.2 Å². The first-order valence-electron chi connectivity index (χ1n) is 6.88. The molecule has 0 aromatic heterocycles. The van der Waals surface area contributed by atoms with Gasteiger partial charge in [-0.2, -0.15) is 0 Å². The van der Waals surface area contributed by atoms with Gasteiger partial charge in [0.1, 0.15) is 5.75 Å². The Labute approximate surface area is 123 Å². The molecule has 0 bridgehead atoms. The Morgan fingerprint density at radius 2 is 2.21 bits per heavy atom. The summed E-state index contributed by atoms with van der Waals surface area (Å²) in [5.41, 5.74) is 2.44. The van der Waals surface area contributed by atoms with Gasteiger partial charge in [-0.25, -0.2) is 0 Å². The van der Waals surface area contributed by atoms with E-state index in [4.69, 9.17) is 4.74 Å². The number of hydrogen-bond donors (Lipinski definition) is 2. The molecule has 1 aromatic rings. The summed E-state index contributed by atoms with van der Waals surface area (Å²) >= 11 is 3.55. The van der Waals surface area contributed by atoms with Crippen LogP contribution < -0.4 is 10.1 Å². The highest BCUT2D eigenvalue weighted by Gasteiger charge is 2.18. The Hall–Kier alpha value is -0.580. The van der Waals surface area contributed by atoms with Gasteiger partial charge in [-0.3, -0.25) is 0 Å². The predicted molar refractivity (Wildman–Crippen MR) is 80.5 cm³/mol. The Balaban J connectivity index is 2.03. The molecule has 1 heterocycles. The predicted octanol–water partition coefficient (Wildman–Crippen LogP) is 2.88. The Kier molecular flexibility index (Phi) is 5.25. The molecule has 4 heteroatoms. The molecule has 0 fully saturated rings. The van der Waals surface area contributed by atoms with Gasteiger partial charge in [0.25, 0.3) is 0 Å². The fraction of sp³-hybridized carbons (Fsp3) is 0.600. The summed E-state index contributed by atoms with van der Waals surface area (Å²) in [5.74, 6) is 1.60. The van der Waals surface area contributed by atoms with E-state index < -0.39 is 0 Å². The molecule has 0 amide bonds. The summed E-state index contributed by atoms with van der Waals surface area (Å²) in [4.78, 5) is 0. The van der Waals surface area contributed by atoms with Crippen molar-refractivity contribution in [1.82, 2.24) is 5.32 Å². The first-order valence-corrected chi connectivity index (χ1v) is 7.67. The van der Waals surface area contributed by atoms with Crippen LogP contribution >= 0.6 is 15.9 Å². The van der Waals surface area contributed by atoms with E-state index in [1.165, 1.54) is 11.1 Å². The minimum Gasteiger partial charge on any atom is -0.493 e. The van der Waals surface area contributed by atoms with Gasteiger partial charge in [-0.15, -0.1) is 0 Å². The van der Waals surface area contributed by atoms with Gasteiger partial charge in [-0.05, 0) is 30.0 Å². The van der Waals surface area contributed by atoms with Crippen molar-refractivity contribution in [3.63, 3.8) is 0 Å². The molecule has 0 spiro atoms. The van der Waals surface area contributed by atoms with Gasteiger partial charge in [0.15, 0.2) is 0 Å². The largest absolute Gasteiger partial charge is 0.493 e. The minimum atomic E-state index is 0.149. The summed E-state index contributed by atoms with van der Waals surface area (Å²) in [7, 11) is 0. The topological polar surface area (TPSA) is 41.5 Å². The molecule has 0 aliphatic carbocycles. The van der Waals surface area contributed by atoms with Crippen molar-refractivity contribution in [2.24, 2.45) is 5.92 Å². The maximum atomic E-state index is 9.40. The van der Waals surface area contributed by atoms with Crippen molar-refractivity contribution in [3.05, 3.63) is 27.7 Å². The van der Waals surface area contributed by atoms with Crippen LogP contribution in [0.1, 0.15) is 31.4 Å². The van der Waals surface area contributed by atoms with Gasteiger partial charge in [-0.1, -0.05) is 29.8 Å². The number of halogens is 1. The minimum absolute atomic E-state index is 0.149. The number of nitrogens with one attached hydrogen (secondary N) is 1. The van der Waals surface area contributed by atoms with E-state index in [1.807, 2.05) is 0 Å². The standard InChI is InChI=1S/C15H22BrNO2/c1-10(2)5-14(9-18)17-8-12-7-13(16)6-11-3-4-19-15(11)12/h6-7,10,14,17-18H,3-5,8-9H2,1-2H3. The lowest BCUT2D eigenvalue weighted by molar-refractivity contribution is 0.223. The molecule has 1 aromatic carbocycles. The summed E-state index contributed by atoms with van der Waals surface area (Å²) in [6.45, 7) is 6.03. The Morgan fingerprint density at radius 3 is 2.89 bits per heavy atom. The van der Waals surface area contributed by atoms with Gasteiger partial charge in [0, 0.05) is 29.0 Å². The number of hydrogen-bond acceptors (Lipinski definition) is 3. The zero-order valence-corrected chi connectivity index (χ0v) is 13.2. The number of aliphatic hydroxyl groups excluding tert-OH is 1. The normalized spacial score (nSPS) is 15.4. The number of aliphatic hydroxyl groups is 1. The Morgan fingerprint density at radius 1 is 1.42 bits per heavy atom. The van der Waals surface area contributed by atoms with E-state index in [9.17, 15) is 5.11 Å². The molecule has 3 nitrogen and oxygen atoms in total. The van der Waals surface area contributed by atoms with Crippen molar-refractivity contribution in [3.8, 4) is 5.75 Å². The third-order valence-corrected chi connectivity index (χ3v) is 3.84. The van der Waals surface area contributed by atoms with Crippen molar-refractivity contribution in [1.29, 1.82) is 0 Å². The van der Waals surface area contributed by atoms with Crippen LogP contribution in [0.2, 0.25) is 0 Å². The smallest absolute Gasteiger partial charge is 0.127 e. The molecule has 2 rings (SSSR count). The van der Waals surface area contributed by atoms with Crippen LogP contribution in [0.25, 0.3) is 0 Å². The molecule has 2 N–H and O–H groups in total. The second kappa shape index (κ2) is 6.73. The molecule has 0 radical (unpaired) electrons. The highest BCUT2D eigenvalue weighted by molar-refractivity contribution is 9.10.